The van der Waals surface area contributed by atoms with Gasteiger partial charge in [-0.25, -0.2) is 4.79 Å². The van der Waals surface area contributed by atoms with Gasteiger partial charge in [0.2, 0.25) is 5.88 Å². The van der Waals surface area contributed by atoms with E-state index in [9.17, 15) is 14.9 Å². The summed E-state index contributed by atoms with van der Waals surface area (Å²) in [6.45, 7) is -0.618. The van der Waals surface area contributed by atoms with Gasteiger partial charge in [-0.15, -0.1) is 0 Å². The number of ether oxygens (including phenoxy) is 3. The number of rotatable bonds is 8. The molecule has 0 aliphatic carbocycles. The fourth-order valence-corrected chi connectivity index (χ4v) is 3.72. The number of nitriles is 1. The van der Waals surface area contributed by atoms with Crippen molar-refractivity contribution in [2.24, 2.45) is 0 Å². The molecule has 0 saturated heterocycles. The third-order valence-electron chi connectivity index (χ3n) is 5.34. The molecular formula is C28H22N2O6. The maximum atomic E-state index is 12.7. The van der Waals surface area contributed by atoms with Crippen molar-refractivity contribution in [3.8, 4) is 40.0 Å². The number of methoxy groups -OCH3 is 2. The van der Waals surface area contributed by atoms with Gasteiger partial charge in [0, 0.05) is 11.1 Å². The molecule has 4 aromatic rings. The molecule has 0 bridgehead atoms. The second-order valence-electron chi connectivity index (χ2n) is 7.52. The molecule has 1 amide bonds. The summed E-state index contributed by atoms with van der Waals surface area (Å²) in [5.41, 5.74) is 2.26. The minimum atomic E-state index is -0.797. The van der Waals surface area contributed by atoms with Gasteiger partial charge in [-0.2, -0.15) is 5.26 Å². The summed E-state index contributed by atoms with van der Waals surface area (Å²) in [7, 11) is 2.82. The van der Waals surface area contributed by atoms with Crippen molar-refractivity contribution in [2.75, 3.05) is 26.1 Å². The predicted octanol–water partition coefficient (Wildman–Crippen LogP) is 5.30. The molecule has 0 radical (unpaired) electrons. The first-order valence-electron chi connectivity index (χ1n) is 10.9. The number of amides is 1. The van der Waals surface area contributed by atoms with Crippen LogP contribution in [0.1, 0.15) is 15.9 Å². The van der Waals surface area contributed by atoms with Gasteiger partial charge in [0.25, 0.3) is 5.91 Å². The van der Waals surface area contributed by atoms with Crippen LogP contribution in [-0.4, -0.2) is 32.7 Å². The number of esters is 1. The zero-order valence-electron chi connectivity index (χ0n) is 19.6. The van der Waals surface area contributed by atoms with Crippen molar-refractivity contribution >= 4 is 17.8 Å². The molecule has 1 heterocycles. The first kappa shape index (κ1) is 24.1. The van der Waals surface area contributed by atoms with Crippen LogP contribution in [0.5, 0.6) is 11.5 Å². The van der Waals surface area contributed by atoms with Gasteiger partial charge in [-0.1, -0.05) is 66.7 Å². The van der Waals surface area contributed by atoms with Crippen LogP contribution in [0, 0.1) is 11.3 Å². The SMILES string of the molecule is COc1cccc(OC)c1C(=O)OCC(=O)Nc1oc(-c2ccccc2)c(-c2ccccc2)c1C#N. The summed E-state index contributed by atoms with van der Waals surface area (Å²) in [5.74, 6) is -0.582. The Morgan fingerprint density at radius 1 is 0.861 bits per heavy atom. The molecule has 4 rings (SSSR count). The molecule has 0 aliphatic rings. The highest BCUT2D eigenvalue weighted by molar-refractivity contribution is 5.99. The van der Waals surface area contributed by atoms with Crippen molar-refractivity contribution in [3.63, 3.8) is 0 Å². The standard InChI is InChI=1S/C28H22N2O6/c1-33-21-14-9-15-22(34-2)25(21)28(32)35-17-23(31)30-27-20(16-29)24(18-10-5-3-6-11-18)26(36-27)19-12-7-4-8-13-19/h3-15H,17H2,1-2H3,(H,30,31). The van der Waals surface area contributed by atoms with Gasteiger partial charge in [0.15, 0.2) is 6.61 Å². The Morgan fingerprint density at radius 3 is 2.00 bits per heavy atom. The maximum absolute atomic E-state index is 12.7. The lowest BCUT2D eigenvalue weighted by Crippen LogP contribution is -2.21. The smallest absolute Gasteiger partial charge is 0.346 e. The van der Waals surface area contributed by atoms with Gasteiger partial charge in [-0.3, -0.25) is 10.1 Å². The van der Waals surface area contributed by atoms with Crippen LogP contribution in [0.2, 0.25) is 0 Å². The lowest BCUT2D eigenvalue weighted by Gasteiger charge is -2.12. The number of nitrogens with one attached hydrogen (secondary N) is 1. The van der Waals surface area contributed by atoms with Gasteiger partial charge in [-0.05, 0) is 17.7 Å². The van der Waals surface area contributed by atoms with Crippen molar-refractivity contribution < 1.29 is 28.2 Å². The summed E-state index contributed by atoms with van der Waals surface area (Å²) in [6.07, 6.45) is 0. The summed E-state index contributed by atoms with van der Waals surface area (Å²) in [6, 6.07) is 25.5. The molecule has 1 aromatic heterocycles. The van der Waals surface area contributed by atoms with E-state index in [4.69, 9.17) is 18.6 Å². The van der Waals surface area contributed by atoms with Crippen molar-refractivity contribution in [3.05, 3.63) is 90.0 Å². The van der Waals surface area contributed by atoms with E-state index in [2.05, 4.69) is 11.4 Å². The molecule has 8 heteroatoms. The average Bonchev–Trinajstić information content (AvgIpc) is 3.30. The van der Waals surface area contributed by atoms with Gasteiger partial charge < -0.3 is 18.6 Å². The van der Waals surface area contributed by atoms with Crippen molar-refractivity contribution in [1.82, 2.24) is 0 Å². The van der Waals surface area contributed by atoms with Crippen LogP contribution in [0.4, 0.5) is 5.88 Å². The zero-order chi connectivity index (χ0) is 25.5. The first-order valence-corrected chi connectivity index (χ1v) is 10.9. The van der Waals surface area contributed by atoms with E-state index in [1.807, 2.05) is 60.7 Å². The van der Waals surface area contributed by atoms with Crippen LogP contribution in [0.15, 0.2) is 83.3 Å². The van der Waals surface area contributed by atoms with E-state index in [0.717, 1.165) is 11.1 Å². The molecule has 1 N–H and O–H groups in total. The van der Waals surface area contributed by atoms with Gasteiger partial charge in [0.1, 0.15) is 34.5 Å². The largest absolute Gasteiger partial charge is 0.496 e. The average molecular weight is 482 g/mol. The van der Waals surface area contributed by atoms with Crippen LogP contribution in [0.3, 0.4) is 0 Å². The topological polar surface area (TPSA) is 111 Å². The normalized spacial score (nSPS) is 10.2. The lowest BCUT2D eigenvalue weighted by atomic mass is 9.98. The first-order chi connectivity index (χ1) is 17.6. The molecule has 3 aromatic carbocycles. The number of carbonyl (C=O) groups excluding carboxylic acids is 2. The number of carbonyl (C=O) groups is 2. The Hall–Kier alpha value is -5.03. The highest BCUT2D eigenvalue weighted by Crippen LogP contribution is 2.41. The van der Waals surface area contributed by atoms with E-state index in [1.54, 1.807) is 18.2 Å². The number of furan rings is 1. The van der Waals surface area contributed by atoms with Crippen molar-refractivity contribution in [1.29, 1.82) is 5.26 Å². The lowest BCUT2D eigenvalue weighted by molar-refractivity contribution is -0.119. The molecule has 0 spiro atoms. The molecule has 0 fully saturated rings. The molecule has 0 saturated carbocycles. The number of hydrogen-bond acceptors (Lipinski definition) is 7. The van der Waals surface area contributed by atoms with Crippen LogP contribution in [-0.2, 0) is 9.53 Å². The Bertz CT molecular complexity index is 1400. The van der Waals surface area contributed by atoms with Crippen molar-refractivity contribution in [2.45, 2.75) is 0 Å². The number of nitrogens with zero attached hydrogens (tertiary/aromatic N) is 1. The maximum Gasteiger partial charge on any atom is 0.346 e. The quantitative estimate of drug-likeness (QED) is 0.339. The Morgan fingerprint density at radius 2 is 1.44 bits per heavy atom. The second-order valence-corrected chi connectivity index (χ2v) is 7.52. The van der Waals surface area contributed by atoms with Gasteiger partial charge >= 0.3 is 5.97 Å². The van der Waals surface area contributed by atoms with E-state index in [1.165, 1.54) is 14.2 Å². The minimum absolute atomic E-state index is 0.0360. The Balaban J connectivity index is 1.60. The molecule has 0 atom stereocenters. The molecule has 180 valence electrons. The van der Waals surface area contributed by atoms with E-state index in [0.29, 0.717) is 11.3 Å². The highest BCUT2D eigenvalue weighted by Gasteiger charge is 2.25. The summed E-state index contributed by atoms with van der Waals surface area (Å²) >= 11 is 0. The summed E-state index contributed by atoms with van der Waals surface area (Å²) < 4.78 is 21.6. The van der Waals surface area contributed by atoms with Gasteiger partial charge in [0.05, 0.1) is 14.2 Å². The van der Waals surface area contributed by atoms with E-state index in [-0.39, 0.29) is 28.5 Å². The second kappa shape index (κ2) is 10.9. The monoisotopic (exact) mass is 482 g/mol. The number of benzene rings is 3. The third kappa shape index (κ3) is 4.91. The van der Waals surface area contributed by atoms with E-state index >= 15 is 0 Å². The number of anilines is 1. The van der Waals surface area contributed by atoms with Crippen LogP contribution >= 0.6 is 0 Å². The van der Waals surface area contributed by atoms with E-state index < -0.39 is 18.5 Å². The molecule has 0 unspecified atom stereocenters. The van der Waals surface area contributed by atoms with Crippen LogP contribution < -0.4 is 14.8 Å². The zero-order valence-corrected chi connectivity index (χ0v) is 19.6. The fraction of sp³-hybridized carbons (Fsp3) is 0.107. The summed E-state index contributed by atoms with van der Waals surface area (Å²) in [4.78, 5) is 25.4. The molecule has 0 aliphatic heterocycles. The minimum Gasteiger partial charge on any atom is -0.496 e. The Labute approximate surface area is 207 Å². The molecule has 8 nitrogen and oxygen atoms in total. The predicted molar refractivity (Wildman–Crippen MR) is 133 cm³/mol. The van der Waals surface area contributed by atoms with Crippen LogP contribution in [0.25, 0.3) is 22.5 Å². The summed E-state index contributed by atoms with van der Waals surface area (Å²) in [5, 5.41) is 12.5. The Kier molecular flexibility index (Phi) is 7.32. The fourth-order valence-electron chi connectivity index (χ4n) is 3.72. The highest BCUT2D eigenvalue weighted by atomic mass is 16.5. The molecular weight excluding hydrogens is 460 g/mol. The molecule has 36 heavy (non-hydrogen) atoms. The number of hydrogen-bond donors (Lipinski definition) is 1. The third-order valence-corrected chi connectivity index (χ3v) is 5.34.